The summed E-state index contributed by atoms with van der Waals surface area (Å²) in [6.45, 7) is 8.04. The van der Waals surface area contributed by atoms with Crippen LogP contribution in [0.25, 0.3) is 0 Å². The van der Waals surface area contributed by atoms with E-state index in [1.807, 2.05) is 12.3 Å². The van der Waals surface area contributed by atoms with Gasteiger partial charge in [-0.2, -0.15) is 0 Å². The Kier molecular flexibility index (Phi) is 5.14. The standard InChI is InChI=1S/C17H20F2N2OS/c1-10(16-21-14(9-23-16)17(2,3)4)20-15(22)8-11-7-12(18)5-6-13(11)19/h5-7,9-10H,8H2,1-4H3,(H,20,22)/t10-/m0/s1. The van der Waals surface area contributed by atoms with Crippen LogP contribution in [0.15, 0.2) is 23.6 Å². The molecule has 124 valence electrons. The lowest BCUT2D eigenvalue weighted by atomic mass is 9.93. The first-order valence-corrected chi connectivity index (χ1v) is 8.24. The predicted molar refractivity (Wildman–Crippen MR) is 87.4 cm³/mol. The maximum absolute atomic E-state index is 13.6. The topological polar surface area (TPSA) is 42.0 Å². The molecule has 0 saturated carbocycles. The molecular formula is C17H20F2N2OS. The van der Waals surface area contributed by atoms with Gasteiger partial charge in [0.2, 0.25) is 5.91 Å². The summed E-state index contributed by atoms with van der Waals surface area (Å²) in [7, 11) is 0. The van der Waals surface area contributed by atoms with Gasteiger partial charge in [-0.25, -0.2) is 13.8 Å². The molecule has 0 fully saturated rings. The van der Waals surface area contributed by atoms with Crippen molar-refractivity contribution >= 4 is 17.2 Å². The molecule has 2 rings (SSSR count). The van der Waals surface area contributed by atoms with Crippen LogP contribution in [-0.4, -0.2) is 10.9 Å². The van der Waals surface area contributed by atoms with Gasteiger partial charge in [0.05, 0.1) is 18.2 Å². The van der Waals surface area contributed by atoms with Crippen LogP contribution in [0.3, 0.4) is 0 Å². The molecule has 0 aliphatic rings. The van der Waals surface area contributed by atoms with Gasteiger partial charge in [-0.1, -0.05) is 20.8 Å². The lowest BCUT2D eigenvalue weighted by molar-refractivity contribution is -0.121. The molecule has 23 heavy (non-hydrogen) atoms. The SMILES string of the molecule is C[C@H](NC(=O)Cc1cc(F)ccc1F)c1nc(C(C)(C)C)cs1. The summed E-state index contributed by atoms with van der Waals surface area (Å²) in [5, 5.41) is 5.55. The molecule has 0 unspecified atom stereocenters. The van der Waals surface area contributed by atoms with Crippen LogP contribution in [0, 0.1) is 11.6 Å². The number of benzene rings is 1. The summed E-state index contributed by atoms with van der Waals surface area (Å²) in [6, 6.07) is 2.82. The molecule has 0 aliphatic carbocycles. The molecule has 0 spiro atoms. The van der Waals surface area contributed by atoms with E-state index in [1.165, 1.54) is 11.3 Å². The molecule has 0 aliphatic heterocycles. The normalized spacial score (nSPS) is 13.0. The lowest BCUT2D eigenvalue weighted by Gasteiger charge is -2.15. The van der Waals surface area contributed by atoms with Crippen LogP contribution in [-0.2, 0) is 16.6 Å². The van der Waals surface area contributed by atoms with Crippen molar-refractivity contribution in [2.24, 2.45) is 0 Å². The maximum Gasteiger partial charge on any atom is 0.225 e. The zero-order valence-corrected chi connectivity index (χ0v) is 14.4. The van der Waals surface area contributed by atoms with Crippen molar-refractivity contribution in [2.75, 3.05) is 0 Å². The van der Waals surface area contributed by atoms with Crippen LogP contribution < -0.4 is 5.32 Å². The third-order valence-electron chi connectivity index (χ3n) is 3.40. The monoisotopic (exact) mass is 338 g/mol. The Labute approximate surface area is 138 Å². The highest BCUT2D eigenvalue weighted by atomic mass is 32.1. The van der Waals surface area contributed by atoms with E-state index in [2.05, 4.69) is 31.1 Å². The molecule has 1 N–H and O–H groups in total. The largest absolute Gasteiger partial charge is 0.347 e. The van der Waals surface area contributed by atoms with Crippen molar-refractivity contribution in [3.8, 4) is 0 Å². The highest BCUT2D eigenvalue weighted by Crippen LogP contribution is 2.26. The fourth-order valence-corrected chi connectivity index (χ4v) is 3.09. The van der Waals surface area contributed by atoms with Crippen LogP contribution >= 0.6 is 11.3 Å². The number of aromatic nitrogens is 1. The quantitative estimate of drug-likeness (QED) is 0.910. The fraction of sp³-hybridized carbons (Fsp3) is 0.412. The highest BCUT2D eigenvalue weighted by Gasteiger charge is 2.20. The lowest BCUT2D eigenvalue weighted by Crippen LogP contribution is -2.28. The number of hydrogen-bond acceptors (Lipinski definition) is 3. The number of thiazole rings is 1. The number of nitrogens with zero attached hydrogens (tertiary/aromatic N) is 1. The Morgan fingerprint density at radius 3 is 2.65 bits per heavy atom. The summed E-state index contributed by atoms with van der Waals surface area (Å²) in [5.74, 6) is -1.51. The summed E-state index contributed by atoms with van der Waals surface area (Å²) >= 11 is 1.48. The van der Waals surface area contributed by atoms with E-state index in [1.54, 1.807) is 0 Å². The van der Waals surface area contributed by atoms with Gasteiger partial charge >= 0.3 is 0 Å². The van der Waals surface area contributed by atoms with Gasteiger partial charge in [-0.15, -0.1) is 11.3 Å². The average Bonchev–Trinajstić information content (AvgIpc) is 2.92. The second-order valence-corrected chi connectivity index (χ2v) is 7.41. The maximum atomic E-state index is 13.6. The third-order valence-corrected chi connectivity index (χ3v) is 4.42. The van der Waals surface area contributed by atoms with Gasteiger partial charge in [0.25, 0.3) is 0 Å². The van der Waals surface area contributed by atoms with Crippen molar-refractivity contribution in [1.82, 2.24) is 10.3 Å². The Morgan fingerprint density at radius 2 is 2.04 bits per heavy atom. The fourth-order valence-electron chi connectivity index (χ4n) is 2.04. The molecule has 1 atom stereocenters. The Hall–Kier alpha value is -1.82. The third kappa shape index (κ3) is 4.58. The van der Waals surface area contributed by atoms with E-state index in [4.69, 9.17) is 0 Å². The first kappa shape index (κ1) is 17.5. The van der Waals surface area contributed by atoms with Gasteiger partial charge in [0, 0.05) is 16.4 Å². The van der Waals surface area contributed by atoms with E-state index in [9.17, 15) is 13.6 Å². The Bertz CT molecular complexity index is 707. The molecule has 3 nitrogen and oxygen atoms in total. The number of rotatable bonds is 4. The van der Waals surface area contributed by atoms with Crippen LogP contribution in [0.5, 0.6) is 0 Å². The van der Waals surface area contributed by atoms with E-state index in [0.29, 0.717) is 0 Å². The Balaban J connectivity index is 2.02. The van der Waals surface area contributed by atoms with E-state index >= 15 is 0 Å². The summed E-state index contributed by atoms with van der Waals surface area (Å²) < 4.78 is 26.7. The summed E-state index contributed by atoms with van der Waals surface area (Å²) in [5.41, 5.74) is 0.961. The Morgan fingerprint density at radius 1 is 1.35 bits per heavy atom. The number of amides is 1. The highest BCUT2D eigenvalue weighted by molar-refractivity contribution is 7.09. The van der Waals surface area contributed by atoms with E-state index in [-0.39, 0.29) is 29.3 Å². The summed E-state index contributed by atoms with van der Waals surface area (Å²) in [6.07, 6.45) is -0.203. The first-order valence-electron chi connectivity index (χ1n) is 7.36. The number of carbonyl (C=O) groups is 1. The number of carbonyl (C=O) groups excluding carboxylic acids is 1. The average molecular weight is 338 g/mol. The smallest absolute Gasteiger partial charge is 0.225 e. The van der Waals surface area contributed by atoms with Gasteiger partial charge in [-0.05, 0) is 25.1 Å². The number of nitrogens with one attached hydrogen (secondary N) is 1. The van der Waals surface area contributed by atoms with Crippen molar-refractivity contribution < 1.29 is 13.6 Å². The van der Waals surface area contributed by atoms with Gasteiger partial charge in [-0.3, -0.25) is 4.79 Å². The molecule has 0 bridgehead atoms. The minimum absolute atomic E-state index is 0.0456. The minimum atomic E-state index is -0.585. The van der Waals surface area contributed by atoms with Gasteiger partial charge in [0.1, 0.15) is 16.6 Å². The molecule has 1 aromatic carbocycles. The molecule has 0 saturated heterocycles. The zero-order chi connectivity index (χ0) is 17.2. The molecule has 2 aromatic rings. The van der Waals surface area contributed by atoms with Gasteiger partial charge < -0.3 is 5.32 Å². The van der Waals surface area contributed by atoms with Crippen molar-refractivity contribution in [1.29, 1.82) is 0 Å². The van der Waals surface area contributed by atoms with Gasteiger partial charge in [0.15, 0.2) is 0 Å². The molecule has 6 heteroatoms. The molecule has 1 heterocycles. The molecule has 1 amide bonds. The van der Waals surface area contributed by atoms with E-state index in [0.717, 1.165) is 28.9 Å². The van der Waals surface area contributed by atoms with Crippen molar-refractivity contribution in [2.45, 2.75) is 45.6 Å². The van der Waals surface area contributed by atoms with Crippen molar-refractivity contribution in [3.05, 3.63) is 51.5 Å². The van der Waals surface area contributed by atoms with Crippen molar-refractivity contribution in [3.63, 3.8) is 0 Å². The number of hydrogen-bond donors (Lipinski definition) is 1. The molecular weight excluding hydrogens is 318 g/mol. The van der Waals surface area contributed by atoms with Crippen LogP contribution in [0.4, 0.5) is 8.78 Å². The first-order chi connectivity index (χ1) is 10.7. The van der Waals surface area contributed by atoms with Crippen LogP contribution in [0.1, 0.15) is 50.0 Å². The van der Waals surface area contributed by atoms with Crippen LogP contribution in [0.2, 0.25) is 0 Å². The summed E-state index contributed by atoms with van der Waals surface area (Å²) in [4.78, 5) is 16.6. The molecule has 0 radical (unpaired) electrons. The minimum Gasteiger partial charge on any atom is -0.347 e. The number of halogens is 2. The predicted octanol–water partition coefficient (Wildman–Crippen LogP) is 4.14. The molecule has 1 aromatic heterocycles. The second kappa shape index (κ2) is 6.74. The zero-order valence-electron chi connectivity index (χ0n) is 13.6. The van der Waals surface area contributed by atoms with E-state index < -0.39 is 11.6 Å². The second-order valence-electron chi connectivity index (χ2n) is 6.52.